The number of sulfone groups is 1. The molecular weight excluding hydrogens is 252 g/mol. The molecule has 0 amide bonds. The smallest absolute Gasteiger partial charge is 0.215 e. The number of nitrogens with two attached hydrogens (primary N) is 1. The molecule has 0 bridgehead atoms. The lowest BCUT2D eigenvalue weighted by Crippen LogP contribution is -2.41. The van der Waals surface area contributed by atoms with Crippen molar-refractivity contribution in [1.82, 2.24) is 4.72 Å². The summed E-state index contributed by atoms with van der Waals surface area (Å²) in [4.78, 5) is 0. The molecule has 1 aliphatic heterocycles. The third-order valence-electron chi connectivity index (χ3n) is 2.84. The van der Waals surface area contributed by atoms with Crippen molar-refractivity contribution in [3.8, 4) is 0 Å². The van der Waals surface area contributed by atoms with Gasteiger partial charge in [-0.05, 0) is 19.8 Å². The van der Waals surface area contributed by atoms with E-state index in [9.17, 15) is 16.8 Å². The van der Waals surface area contributed by atoms with Gasteiger partial charge in [-0.25, -0.2) is 21.6 Å². The monoisotopic (exact) mass is 270 g/mol. The first-order chi connectivity index (χ1) is 7.29. The van der Waals surface area contributed by atoms with Crippen LogP contribution in [0, 0.1) is 0 Å². The minimum absolute atomic E-state index is 0.0206. The van der Waals surface area contributed by atoms with Crippen LogP contribution in [0.4, 0.5) is 0 Å². The van der Waals surface area contributed by atoms with E-state index < -0.39 is 30.4 Å². The van der Waals surface area contributed by atoms with Crippen molar-refractivity contribution < 1.29 is 16.8 Å². The number of hydrogen-bond donors (Lipinski definition) is 2. The Kier molecular flexibility index (Phi) is 4.33. The van der Waals surface area contributed by atoms with E-state index >= 15 is 0 Å². The van der Waals surface area contributed by atoms with Crippen LogP contribution in [0.25, 0.3) is 0 Å². The number of sulfonamides is 1. The summed E-state index contributed by atoms with van der Waals surface area (Å²) in [5.74, 6) is 0.159. The summed E-state index contributed by atoms with van der Waals surface area (Å²) >= 11 is 0. The molecule has 1 aliphatic rings. The summed E-state index contributed by atoms with van der Waals surface area (Å²) in [6, 6.07) is 0. The Morgan fingerprint density at radius 1 is 1.50 bits per heavy atom. The van der Waals surface area contributed by atoms with Crippen LogP contribution in [-0.4, -0.2) is 46.2 Å². The van der Waals surface area contributed by atoms with Crippen molar-refractivity contribution in [1.29, 1.82) is 0 Å². The highest BCUT2D eigenvalue weighted by Crippen LogP contribution is 2.19. The Balaban J connectivity index is 2.59. The molecule has 2 atom stereocenters. The second-order valence-electron chi connectivity index (χ2n) is 4.07. The van der Waals surface area contributed by atoms with Crippen molar-refractivity contribution >= 4 is 19.9 Å². The molecule has 0 saturated carbocycles. The van der Waals surface area contributed by atoms with Crippen LogP contribution >= 0.6 is 0 Å². The first-order valence-corrected chi connectivity index (χ1v) is 8.46. The first-order valence-electron chi connectivity index (χ1n) is 5.19. The van der Waals surface area contributed by atoms with Crippen molar-refractivity contribution in [2.45, 2.75) is 30.3 Å². The Morgan fingerprint density at radius 3 is 2.56 bits per heavy atom. The third kappa shape index (κ3) is 3.16. The van der Waals surface area contributed by atoms with Crippen LogP contribution in [0.3, 0.4) is 0 Å². The van der Waals surface area contributed by atoms with E-state index in [1.54, 1.807) is 0 Å². The van der Waals surface area contributed by atoms with Gasteiger partial charge in [0.1, 0.15) is 0 Å². The fraction of sp³-hybridized carbons (Fsp3) is 1.00. The van der Waals surface area contributed by atoms with Gasteiger partial charge in [-0.1, -0.05) is 0 Å². The molecule has 1 rings (SSSR count). The van der Waals surface area contributed by atoms with Crippen LogP contribution in [0.2, 0.25) is 0 Å². The van der Waals surface area contributed by atoms with E-state index in [4.69, 9.17) is 5.73 Å². The van der Waals surface area contributed by atoms with E-state index in [0.29, 0.717) is 12.8 Å². The van der Waals surface area contributed by atoms with Gasteiger partial charge in [0.05, 0.1) is 16.3 Å². The lowest BCUT2D eigenvalue weighted by atomic mass is 10.2. The Morgan fingerprint density at radius 2 is 2.12 bits per heavy atom. The van der Waals surface area contributed by atoms with Gasteiger partial charge in [-0.2, -0.15) is 0 Å². The highest BCUT2D eigenvalue weighted by Gasteiger charge is 2.32. The van der Waals surface area contributed by atoms with Gasteiger partial charge in [0.2, 0.25) is 10.0 Å². The number of hydrogen-bond acceptors (Lipinski definition) is 5. The average Bonchev–Trinajstić information content (AvgIpc) is 2.53. The van der Waals surface area contributed by atoms with Crippen LogP contribution < -0.4 is 10.5 Å². The zero-order valence-corrected chi connectivity index (χ0v) is 10.9. The first kappa shape index (κ1) is 13.9. The zero-order chi connectivity index (χ0) is 12.4. The van der Waals surface area contributed by atoms with Gasteiger partial charge in [-0.3, -0.25) is 0 Å². The Labute approximate surface area is 96.6 Å². The van der Waals surface area contributed by atoms with Gasteiger partial charge in [0.15, 0.2) is 9.84 Å². The predicted molar refractivity (Wildman–Crippen MR) is 62.2 cm³/mol. The summed E-state index contributed by atoms with van der Waals surface area (Å²) < 4.78 is 48.3. The molecule has 1 heterocycles. The molecule has 6 nitrogen and oxygen atoms in total. The molecule has 0 radical (unpaired) electrons. The fourth-order valence-corrected chi connectivity index (χ4v) is 4.41. The second-order valence-corrected chi connectivity index (χ2v) is 8.66. The summed E-state index contributed by atoms with van der Waals surface area (Å²) in [5.41, 5.74) is 5.26. The third-order valence-corrected chi connectivity index (χ3v) is 6.93. The van der Waals surface area contributed by atoms with E-state index in [0.717, 1.165) is 0 Å². The molecule has 0 aromatic rings. The highest BCUT2D eigenvalue weighted by atomic mass is 32.2. The minimum atomic E-state index is -3.49. The molecule has 0 aromatic heterocycles. The van der Waals surface area contributed by atoms with Crippen LogP contribution in [0.1, 0.15) is 19.8 Å². The fourth-order valence-electron chi connectivity index (χ4n) is 1.57. The lowest BCUT2D eigenvalue weighted by Gasteiger charge is -2.14. The van der Waals surface area contributed by atoms with Crippen LogP contribution in [0.15, 0.2) is 0 Å². The van der Waals surface area contributed by atoms with Gasteiger partial charge >= 0.3 is 0 Å². The van der Waals surface area contributed by atoms with Gasteiger partial charge in [0.25, 0.3) is 0 Å². The molecule has 16 heavy (non-hydrogen) atoms. The molecule has 0 spiro atoms. The topological polar surface area (TPSA) is 106 Å². The molecule has 2 unspecified atom stereocenters. The van der Waals surface area contributed by atoms with Crippen molar-refractivity contribution in [3.05, 3.63) is 0 Å². The molecule has 3 N–H and O–H groups in total. The molecule has 8 heteroatoms. The van der Waals surface area contributed by atoms with Gasteiger partial charge in [0, 0.05) is 13.1 Å². The summed E-state index contributed by atoms with van der Waals surface area (Å²) in [5, 5.41) is -1.27. The van der Waals surface area contributed by atoms with E-state index in [1.165, 1.54) is 6.92 Å². The highest BCUT2D eigenvalue weighted by molar-refractivity contribution is 7.92. The average molecular weight is 270 g/mol. The van der Waals surface area contributed by atoms with Crippen molar-refractivity contribution in [2.75, 3.05) is 18.8 Å². The van der Waals surface area contributed by atoms with E-state index in [2.05, 4.69) is 4.72 Å². The predicted octanol–water partition coefficient (Wildman–Crippen LogP) is -1.17. The van der Waals surface area contributed by atoms with E-state index in [1.807, 2.05) is 0 Å². The van der Waals surface area contributed by atoms with E-state index in [-0.39, 0.29) is 18.8 Å². The maximum atomic E-state index is 11.5. The largest absolute Gasteiger partial charge is 0.329 e. The number of rotatable bonds is 5. The molecule has 96 valence electrons. The second kappa shape index (κ2) is 4.99. The summed E-state index contributed by atoms with van der Waals surface area (Å²) in [6.45, 7) is 1.48. The normalized spacial score (nSPS) is 26.8. The Bertz CT molecular complexity index is 429. The SMILES string of the molecule is CC(CN)S(=O)(=O)NCC1CCCS1(=O)=O. The molecule has 1 fully saturated rings. The quantitative estimate of drug-likeness (QED) is 0.655. The summed E-state index contributed by atoms with van der Waals surface area (Å²) in [6.07, 6.45) is 1.14. The van der Waals surface area contributed by atoms with Gasteiger partial charge in [-0.15, -0.1) is 0 Å². The van der Waals surface area contributed by atoms with Gasteiger partial charge < -0.3 is 5.73 Å². The minimum Gasteiger partial charge on any atom is -0.329 e. The maximum absolute atomic E-state index is 11.5. The molecular formula is C8H18N2O4S2. The zero-order valence-electron chi connectivity index (χ0n) is 9.22. The standard InChI is InChI=1S/C8H18N2O4S2/c1-7(5-9)16(13,14)10-6-8-3-2-4-15(8,11)12/h7-8,10H,2-6,9H2,1H3. The van der Waals surface area contributed by atoms with Crippen LogP contribution in [-0.2, 0) is 19.9 Å². The Hall–Kier alpha value is -0.180. The molecule has 0 aliphatic carbocycles. The lowest BCUT2D eigenvalue weighted by molar-refractivity contribution is 0.561. The number of nitrogens with one attached hydrogen (secondary N) is 1. The summed E-state index contributed by atoms with van der Waals surface area (Å²) in [7, 11) is -6.59. The van der Waals surface area contributed by atoms with Crippen molar-refractivity contribution in [3.63, 3.8) is 0 Å². The van der Waals surface area contributed by atoms with Crippen LogP contribution in [0.5, 0.6) is 0 Å². The molecule has 1 saturated heterocycles. The maximum Gasteiger partial charge on any atom is 0.215 e. The van der Waals surface area contributed by atoms with Crippen molar-refractivity contribution in [2.24, 2.45) is 5.73 Å². The molecule has 0 aromatic carbocycles.